The molecule has 0 aromatic rings. The third-order valence-electron chi connectivity index (χ3n) is 3.00. The van der Waals surface area contributed by atoms with E-state index < -0.39 is 0 Å². The monoisotopic (exact) mass is 215 g/mol. The molecule has 1 unspecified atom stereocenters. The molecule has 0 amide bonds. The molecule has 0 saturated heterocycles. The van der Waals surface area contributed by atoms with Gasteiger partial charge in [-0.25, -0.2) is 0 Å². The molecule has 1 atom stereocenters. The van der Waals surface area contributed by atoms with Crippen molar-refractivity contribution >= 4 is 0 Å². The minimum absolute atomic E-state index is 0.465. The summed E-state index contributed by atoms with van der Waals surface area (Å²) in [5.41, 5.74) is 2.86. The van der Waals surface area contributed by atoms with Crippen molar-refractivity contribution in [1.29, 1.82) is 0 Å². The molecule has 0 nitrogen and oxygen atoms in total. The summed E-state index contributed by atoms with van der Waals surface area (Å²) >= 11 is 0. The summed E-state index contributed by atoms with van der Waals surface area (Å²) in [6.45, 7) is 9.87. The normalized spacial score (nSPS) is 19.2. The van der Waals surface area contributed by atoms with Crippen molar-refractivity contribution in [2.45, 2.75) is 45.4 Å². The van der Waals surface area contributed by atoms with Crippen molar-refractivity contribution in [3.8, 4) is 0 Å². The number of unbranched alkanes of at least 4 members (excludes halogenated alkanes) is 2. The van der Waals surface area contributed by atoms with Crippen LogP contribution in [-0.2, 0) is 0 Å². The van der Waals surface area contributed by atoms with Crippen LogP contribution in [0.15, 0.2) is 42.5 Å². The second kappa shape index (κ2) is 7.27. The summed E-state index contributed by atoms with van der Waals surface area (Å²) in [5.74, 6) is 0.465. The molecule has 1 radical (unpaired) electrons. The van der Waals surface area contributed by atoms with Gasteiger partial charge in [-0.1, -0.05) is 43.6 Å². The van der Waals surface area contributed by atoms with Crippen molar-refractivity contribution in [2.75, 3.05) is 0 Å². The summed E-state index contributed by atoms with van der Waals surface area (Å²) < 4.78 is 0. The first-order valence-corrected chi connectivity index (χ1v) is 6.36. The van der Waals surface area contributed by atoms with Crippen LogP contribution in [0.4, 0.5) is 0 Å². The standard InChI is InChI=1S/C16H23/c1-4-7-8-11-14-12-15(9-5-2)16(13-14)10-6-3/h5-6,12,16H,2-4,7-11H2,1H3. The fourth-order valence-electron chi connectivity index (χ4n) is 2.14. The van der Waals surface area contributed by atoms with Gasteiger partial charge in [0.25, 0.3) is 0 Å². The van der Waals surface area contributed by atoms with E-state index in [-0.39, 0.29) is 0 Å². The zero-order chi connectivity index (χ0) is 11.8. The van der Waals surface area contributed by atoms with Gasteiger partial charge in [0.2, 0.25) is 0 Å². The van der Waals surface area contributed by atoms with E-state index in [4.69, 9.17) is 0 Å². The summed E-state index contributed by atoms with van der Waals surface area (Å²) in [4.78, 5) is 0. The van der Waals surface area contributed by atoms with Crippen LogP contribution in [0.1, 0.15) is 45.4 Å². The topological polar surface area (TPSA) is 0 Å². The van der Waals surface area contributed by atoms with Crippen LogP contribution in [-0.4, -0.2) is 0 Å². The van der Waals surface area contributed by atoms with Gasteiger partial charge in [-0.15, -0.1) is 13.2 Å². The van der Waals surface area contributed by atoms with E-state index in [2.05, 4.69) is 32.2 Å². The molecule has 87 valence electrons. The van der Waals surface area contributed by atoms with Crippen molar-refractivity contribution in [1.82, 2.24) is 0 Å². The van der Waals surface area contributed by atoms with Crippen LogP contribution in [0.2, 0.25) is 0 Å². The predicted molar refractivity (Wildman–Crippen MR) is 72.1 cm³/mol. The van der Waals surface area contributed by atoms with Gasteiger partial charge in [0, 0.05) is 5.92 Å². The Labute approximate surface area is 100 Å². The lowest BCUT2D eigenvalue weighted by Gasteiger charge is -2.07. The molecule has 0 spiro atoms. The van der Waals surface area contributed by atoms with Crippen molar-refractivity contribution in [2.24, 2.45) is 5.92 Å². The van der Waals surface area contributed by atoms with Gasteiger partial charge < -0.3 is 0 Å². The van der Waals surface area contributed by atoms with E-state index in [1.807, 2.05) is 12.2 Å². The zero-order valence-electron chi connectivity index (χ0n) is 10.5. The van der Waals surface area contributed by atoms with E-state index in [9.17, 15) is 0 Å². The van der Waals surface area contributed by atoms with Gasteiger partial charge in [0.05, 0.1) is 0 Å². The fourth-order valence-corrected chi connectivity index (χ4v) is 2.14. The predicted octanol–water partition coefficient (Wildman–Crippen LogP) is 5.00. The Morgan fingerprint density at radius 2 is 2.12 bits per heavy atom. The van der Waals surface area contributed by atoms with Crippen LogP contribution in [0, 0.1) is 12.0 Å². The van der Waals surface area contributed by atoms with Crippen LogP contribution < -0.4 is 0 Å². The molecule has 0 aromatic carbocycles. The quantitative estimate of drug-likeness (QED) is 0.394. The molecule has 16 heavy (non-hydrogen) atoms. The molecular weight excluding hydrogens is 192 g/mol. The first-order chi connectivity index (χ1) is 7.81. The smallest absolute Gasteiger partial charge is 0.00946 e. The van der Waals surface area contributed by atoms with Gasteiger partial charge in [-0.3, -0.25) is 0 Å². The molecule has 0 N–H and O–H groups in total. The van der Waals surface area contributed by atoms with E-state index in [0.717, 1.165) is 12.8 Å². The molecule has 0 aliphatic heterocycles. The summed E-state index contributed by atoms with van der Waals surface area (Å²) in [6.07, 6.45) is 17.0. The van der Waals surface area contributed by atoms with Gasteiger partial charge >= 0.3 is 0 Å². The highest BCUT2D eigenvalue weighted by molar-refractivity contribution is 5.34. The Morgan fingerprint density at radius 1 is 1.31 bits per heavy atom. The Balaban J connectivity index is 2.53. The third-order valence-corrected chi connectivity index (χ3v) is 3.00. The Morgan fingerprint density at radius 3 is 2.75 bits per heavy atom. The average molecular weight is 215 g/mol. The first-order valence-electron chi connectivity index (χ1n) is 6.36. The number of hydrogen-bond acceptors (Lipinski definition) is 0. The molecule has 1 rings (SSSR count). The maximum Gasteiger partial charge on any atom is 0.00946 e. The molecule has 0 saturated carbocycles. The van der Waals surface area contributed by atoms with E-state index >= 15 is 0 Å². The second-order valence-corrected chi connectivity index (χ2v) is 4.42. The van der Waals surface area contributed by atoms with Gasteiger partial charge in [0.1, 0.15) is 0 Å². The van der Waals surface area contributed by atoms with Gasteiger partial charge in [-0.05, 0) is 37.3 Å². The van der Waals surface area contributed by atoms with Crippen LogP contribution >= 0.6 is 0 Å². The van der Waals surface area contributed by atoms with Crippen LogP contribution in [0.5, 0.6) is 0 Å². The number of rotatable bonds is 8. The lowest BCUT2D eigenvalue weighted by Crippen LogP contribution is -1.95. The number of allylic oxidation sites excluding steroid dienone is 6. The highest BCUT2D eigenvalue weighted by atomic mass is 14.2. The number of hydrogen-bond donors (Lipinski definition) is 0. The first kappa shape index (κ1) is 13.0. The molecular formula is C16H23. The fraction of sp³-hybridized carbons (Fsp3) is 0.500. The SMILES string of the molecule is C=CCC1=CC(CCCCC)=[C]C1CC=C. The lowest BCUT2D eigenvalue weighted by molar-refractivity contribution is 0.711. The molecule has 0 aromatic heterocycles. The van der Waals surface area contributed by atoms with E-state index in [0.29, 0.717) is 5.92 Å². The minimum atomic E-state index is 0.465. The summed E-state index contributed by atoms with van der Waals surface area (Å²) in [5, 5.41) is 0. The van der Waals surface area contributed by atoms with E-state index in [1.165, 1.54) is 36.8 Å². The van der Waals surface area contributed by atoms with Crippen molar-refractivity contribution in [3.05, 3.63) is 48.6 Å². The Hall–Kier alpha value is -1.04. The lowest BCUT2D eigenvalue weighted by atomic mass is 9.97. The minimum Gasteiger partial charge on any atom is -0.103 e. The maximum atomic E-state index is 3.82. The van der Waals surface area contributed by atoms with Crippen molar-refractivity contribution in [3.63, 3.8) is 0 Å². The van der Waals surface area contributed by atoms with Gasteiger partial charge in [0.15, 0.2) is 0 Å². The molecule has 0 heteroatoms. The van der Waals surface area contributed by atoms with Crippen LogP contribution in [0.25, 0.3) is 0 Å². The Kier molecular flexibility index (Phi) is 5.92. The highest BCUT2D eigenvalue weighted by Crippen LogP contribution is 2.31. The van der Waals surface area contributed by atoms with Gasteiger partial charge in [-0.2, -0.15) is 0 Å². The average Bonchev–Trinajstić information content (AvgIpc) is 2.63. The largest absolute Gasteiger partial charge is 0.103 e. The zero-order valence-corrected chi connectivity index (χ0v) is 10.5. The molecule has 0 bridgehead atoms. The third kappa shape index (κ3) is 3.84. The van der Waals surface area contributed by atoms with Crippen LogP contribution in [0.3, 0.4) is 0 Å². The molecule has 0 heterocycles. The molecule has 0 fully saturated rings. The highest BCUT2D eigenvalue weighted by Gasteiger charge is 2.16. The Bertz CT molecular complexity index is 291. The second-order valence-electron chi connectivity index (χ2n) is 4.42. The summed E-state index contributed by atoms with van der Waals surface area (Å²) in [7, 11) is 0. The summed E-state index contributed by atoms with van der Waals surface area (Å²) in [6, 6.07) is 0. The molecule has 1 aliphatic rings. The van der Waals surface area contributed by atoms with Crippen molar-refractivity contribution < 1.29 is 0 Å². The molecule has 1 aliphatic carbocycles. The maximum absolute atomic E-state index is 3.82. The van der Waals surface area contributed by atoms with E-state index in [1.54, 1.807) is 0 Å².